The molecule has 0 unspecified atom stereocenters. The van der Waals surface area contributed by atoms with Crippen molar-refractivity contribution in [2.75, 3.05) is 12.4 Å². The summed E-state index contributed by atoms with van der Waals surface area (Å²) in [6.45, 7) is 13.1. The Bertz CT molecular complexity index is 1010. The van der Waals surface area contributed by atoms with Crippen LogP contribution in [0.1, 0.15) is 81.6 Å². The molecule has 2 aromatic rings. The maximum Gasteiger partial charge on any atom is 0.339 e. The summed E-state index contributed by atoms with van der Waals surface area (Å²) in [5.74, 6) is 8.09. The molecule has 0 N–H and O–H groups in total. The first-order valence-electron chi connectivity index (χ1n) is 10.8. The van der Waals surface area contributed by atoms with Gasteiger partial charge in [0.1, 0.15) is 17.0 Å². The minimum atomic E-state index is -0.368. The van der Waals surface area contributed by atoms with Crippen LogP contribution in [-0.4, -0.2) is 28.9 Å². The Balaban J connectivity index is 1.97. The topological polar surface area (TPSA) is 48.4 Å². The minimum absolute atomic E-state index is 0.000996. The molecule has 0 saturated carbocycles. The molecule has 0 aliphatic carbocycles. The van der Waals surface area contributed by atoms with Crippen LogP contribution in [0, 0.1) is 11.8 Å². The number of carbonyl (C=O) groups is 1. The van der Waals surface area contributed by atoms with Gasteiger partial charge in [0, 0.05) is 22.2 Å². The number of hydrogen-bond donors (Lipinski definition) is 0. The molecular formula is C26H31NO3S. The van der Waals surface area contributed by atoms with Crippen LogP contribution < -0.4 is 4.74 Å². The zero-order chi connectivity index (χ0) is 22.6. The Morgan fingerprint density at radius 3 is 2.61 bits per heavy atom. The monoisotopic (exact) mass is 437 g/mol. The van der Waals surface area contributed by atoms with Crippen LogP contribution in [0.25, 0.3) is 0 Å². The molecule has 0 fully saturated rings. The summed E-state index contributed by atoms with van der Waals surface area (Å²) in [6.07, 6.45) is 3.54. The van der Waals surface area contributed by atoms with Crippen LogP contribution in [0.5, 0.6) is 5.75 Å². The van der Waals surface area contributed by atoms with Crippen LogP contribution in [0.4, 0.5) is 0 Å². The maximum atomic E-state index is 11.8. The first-order valence-corrected chi connectivity index (χ1v) is 11.8. The number of pyridine rings is 1. The van der Waals surface area contributed by atoms with Gasteiger partial charge in [0.2, 0.25) is 0 Å². The number of nitrogens with zero attached hydrogens (tertiary/aromatic N) is 1. The first kappa shape index (κ1) is 23.2. The van der Waals surface area contributed by atoms with E-state index in [1.54, 1.807) is 30.8 Å². The lowest BCUT2D eigenvalue weighted by Gasteiger charge is -2.42. The van der Waals surface area contributed by atoms with Gasteiger partial charge >= 0.3 is 5.97 Å². The molecule has 2 heterocycles. The Morgan fingerprint density at radius 2 is 1.97 bits per heavy atom. The zero-order valence-electron chi connectivity index (χ0n) is 19.3. The summed E-state index contributed by atoms with van der Waals surface area (Å²) < 4.78 is 11.3. The van der Waals surface area contributed by atoms with Crippen molar-refractivity contribution in [3.8, 4) is 17.6 Å². The van der Waals surface area contributed by atoms with E-state index in [1.165, 1.54) is 11.8 Å². The van der Waals surface area contributed by atoms with Crippen molar-refractivity contribution >= 4 is 17.7 Å². The van der Waals surface area contributed by atoms with Gasteiger partial charge in [-0.1, -0.05) is 26.7 Å². The first-order chi connectivity index (χ1) is 14.6. The van der Waals surface area contributed by atoms with Crippen LogP contribution in [0.2, 0.25) is 0 Å². The predicted octanol–water partition coefficient (Wildman–Crippen LogP) is 6.00. The third-order valence-corrected chi connectivity index (χ3v) is 6.39. The van der Waals surface area contributed by atoms with Crippen LogP contribution in [0.15, 0.2) is 35.4 Å². The maximum absolute atomic E-state index is 11.8. The molecular weight excluding hydrogens is 406 g/mol. The van der Waals surface area contributed by atoms with Gasteiger partial charge in [-0.25, -0.2) is 9.78 Å². The zero-order valence-corrected chi connectivity index (χ0v) is 20.1. The number of hydrogen-bond acceptors (Lipinski definition) is 5. The molecule has 3 rings (SSSR count). The van der Waals surface area contributed by atoms with Gasteiger partial charge in [0.25, 0.3) is 0 Å². The lowest BCUT2D eigenvalue weighted by Crippen LogP contribution is -2.41. The van der Waals surface area contributed by atoms with Crippen molar-refractivity contribution in [2.45, 2.75) is 70.3 Å². The molecule has 0 bridgehead atoms. The van der Waals surface area contributed by atoms with Gasteiger partial charge < -0.3 is 9.47 Å². The number of esters is 1. The predicted molar refractivity (Wildman–Crippen MR) is 126 cm³/mol. The van der Waals surface area contributed by atoms with Crippen molar-refractivity contribution in [3.63, 3.8) is 0 Å². The summed E-state index contributed by atoms with van der Waals surface area (Å²) in [6, 6.07) is 7.79. The van der Waals surface area contributed by atoms with Crippen molar-refractivity contribution in [1.29, 1.82) is 0 Å². The van der Waals surface area contributed by atoms with Gasteiger partial charge in [-0.2, -0.15) is 0 Å². The molecule has 1 aromatic carbocycles. The van der Waals surface area contributed by atoms with Crippen LogP contribution >= 0.6 is 11.8 Å². The molecule has 0 saturated heterocycles. The summed E-state index contributed by atoms with van der Waals surface area (Å²) >= 11 is 1.80. The van der Waals surface area contributed by atoms with Crippen molar-refractivity contribution in [2.24, 2.45) is 0 Å². The van der Waals surface area contributed by atoms with Crippen molar-refractivity contribution in [3.05, 3.63) is 52.8 Å². The van der Waals surface area contributed by atoms with Gasteiger partial charge in [-0.3, -0.25) is 0 Å². The average molecular weight is 438 g/mol. The Kier molecular flexibility index (Phi) is 7.01. The van der Waals surface area contributed by atoms with E-state index in [1.807, 2.05) is 0 Å². The normalized spacial score (nSPS) is 15.8. The van der Waals surface area contributed by atoms with E-state index < -0.39 is 0 Å². The van der Waals surface area contributed by atoms with Gasteiger partial charge in [0.15, 0.2) is 0 Å². The van der Waals surface area contributed by atoms with E-state index in [9.17, 15) is 4.79 Å². The lowest BCUT2D eigenvalue weighted by molar-refractivity contribution is 0.0520. The average Bonchev–Trinajstić information content (AvgIpc) is 2.70. The molecule has 0 amide bonds. The Hall–Kier alpha value is -2.45. The molecule has 31 heavy (non-hydrogen) atoms. The number of rotatable bonds is 5. The largest absolute Gasteiger partial charge is 0.487 e. The highest BCUT2D eigenvalue weighted by Gasteiger charge is 2.39. The summed E-state index contributed by atoms with van der Waals surface area (Å²) in [4.78, 5) is 17.3. The molecule has 4 nitrogen and oxygen atoms in total. The molecule has 0 atom stereocenters. The van der Waals surface area contributed by atoms with E-state index in [-0.39, 0.29) is 17.0 Å². The quantitative estimate of drug-likeness (QED) is 0.326. The molecule has 1 aliphatic rings. The molecule has 5 heteroatoms. The van der Waals surface area contributed by atoms with Gasteiger partial charge in [0.05, 0.1) is 12.2 Å². The second-order valence-electron chi connectivity index (χ2n) is 9.02. The van der Waals surface area contributed by atoms with E-state index in [0.717, 1.165) is 34.8 Å². The third-order valence-electron chi connectivity index (χ3n) is 5.13. The summed E-state index contributed by atoms with van der Waals surface area (Å²) in [7, 11) is 0. The Morgan fingerprint density at radius 1 is 1.19 bits per heavy atom. The van der Waals surface area contributed by atoms with Crippen LogP contribution in [0.3, 0.4) is 0 Å². The smallest absolute Gasteiger partial charge is 0.339 e. The van der Waals surface area contributed by atoms with E-state index in [4.69, 9.17) is 9.47 Å². The van der Waals surface area contributed by atoms with Crippen molar-refractivity contribution < 1.29 is 14.3 Å². The molecule has 0 radical (unpaired) electrons. The van der Waals surface area contributed by atoms with Crippen molar-refractivity contribution in [1.82, 2.24) is 4.98 Å². The highest BCUT2D eigenvalue weighted by atomic mass is 32.2. The molecule has 0 spiro atoms. The summed E-state index contributed by atoms with van der Waals surface area (Å²) in [5.41, 5.74) is 3.05. The fourth-order valence-corrected chi connectivity index (χ4v) is 4.91. The minimum Gasteiger partial charge on any atom is -0.487 e. The standard InChI is InChI=1S/C26H31NO3S/c1-7-13-31-23-15-22-21(25(3,4)17-26(5,6)30-22)14-18(23)9-11-20-12-10-19(16-27-20)24(28)29-8-2/h10,12,14-16H,7-8,13,17H2,1-6H3. The number of carbonyl (C=O) groups excluding carboxylic acids is 1. The third kappa shape index (κ3) is 5.62. The second-order valence-corrected chi connectivity index (χ2v) is 10.2. The fourth-order valence-electron chi connectivity index (χ4n) is 4.03. The number of fused-ring (bicyclic) bond motifs is 1. The SMILES string of the molecule is CCCSc1cc2c(cc1C#Cc1ccc(C(=O)OCC)cn1)C(C)(C)CC(C)(C)O2. The summed E-state index contributed by atoms with van der Waals surface area (Å²) in [5, 5.41) is 0. The lowest BCUT2D eigenvalue weighted by atomic mass is 9.73. The van der Waals surface area contributed by atoms with E-state index in [0.29, 0.717) is 17.9 Å². The Labute approximate surface area is 190 Å². The number of thioether (sulfide) groups is 1. The van der Waals surface area contributed by atoms with Gasteiger partial charge in [-0.05, 0) is 75.0 Å². The molecule has 164 valence electrons. The highest BCUT2D eigenvalue weighted by molar-refractivity contribution is 7.99. The van der Waals surface area contributed by atoms with E-state index >= 15 is 0 Å². The fraction of sp³-hybridized carbons (Fsp3) is 0.462. The van der Waals surface area contributed by atoms with Crippen LogP contribution in [-0.2, 0) is 10.2 Å². The highest BCUT2D eigenvalue weighted by Crippen LogP contribution is 2.46. The number of aromatic nitrogens is 1. The number of benzene rings is 1. The molecule has 1 aliphatic heterocycles. The molecule has 1 aromatic heterocycles. The van der Waals surface area contributed by atoms with E-state index in [2.05, 4.69) is 63.6 Å². The second kappa shape index (κ2) is 9.36. The number of ether oxygens (including phenoxy) is 2. The van der Waals surface area contributed by atoms with Gasteiger partial charge in [-0.15, -0.1) is 11.8 Å².